The zero-order valence-electron chi connectivity index (χ0n) is 9.66. The molecule has 18 heavy (non-hydrogen) atoms. The molecule has 0 aliphatic carbocycles. The Hall–Kier alpha value is -2.07. The first-order chi connectivity index (χ1) is 8.56. The number of H-pyrrole nitrogens is 1. The minimum Gasteiger partial charge on any atom is -0.357 e. The molecule has 0 aliphatic heterocycles. The predicted molar refractivity (Wildman–Crippen MR) is 71.2 cm³/mol. The van der Waals surface area contributed by atoms with E-state index in [1.54, 1.807) is 12.1 Å². The summed E-state index contributed by atoms with van der Waals surface area (Å²) in [5, 5.41) is 3.24. The molecule has 5 heteroatoms. The lowest BCUT2D eigenvalue weighted by Crippen LogP contribution is -2.16. The number of aromatic amines is 1. The van der Waals surface area contributed by atoms with Crippen LogP contribution in [0.2, 0.25) is 5.02 Å². The molecule has 0 radical (unpaired) electrons. The lowest BCUT2D eigenvalue weighted by atomic mass is 10.2. The van der Waals surface area contributed by atoms with E-state index in [9.17, 15) is 9.59 Å². The first-order valence-corrected chi connectivity index (χ1v) is 5.70. The van der Waals surface area contributed by atoms with E-state index in [0.717, 1.165) is 5.56 Å². The number of rotatable bonds is 2. The van der Waals surface area contributed by atoms with E-state index in [1.807, 2.05) is 13.0 Å². The average molecular weight is 263 g/mol. The molecule has 0 fully saturated rings. The van der Waals surface area contributed by atoms with Gasteiger partial charge in [-0.25, -0.2) is 0 Å². The summed E-state index contributed by atoms with van der Waals surface area (Å²) in [6, 6.07) is 7.81. The Balaban J connectivity index is 2.26. The van der Waals surface area contributed by atoms with Gasteiger partial charge in [0.2, 0.25) is 0 Å². The zero-order valence-corrected chi connectivity index (χ0v) is 10.4. The molecular formula is C13H11ClN2O2. The molecule has 0 bridgehead atoms. The number of aryl methyl sites for hydroxylation is 1. The van der Waals surface area contributed by atoms with Crippen LogP contribution in [0.3, 0.4) is 0 Å². The van der Waals surface area contributed by atoms with Crippen LogP contribution in [0.1, 0.15) is 16.1 Å². The fourth-order valence-electron chi connectivity index (χ4n) is 1.50. The first kappa shape index (κ1) is 12.4. The van der Waals surface area contributed by atoms with Crippen LogP contribution in [0.4, 0.5) is 5.69 Å². The smallest absolute Gasteiger partial charge is 0.272 e. The Bertz CT molecular complexity index is 649. The molecule has 2 aromatic rings. The summed E-state index contributed by atoms with van der Waals surface area (Å²) in [6.45, 7) is 1.86. The summed E-state index contributed by atoms with van der Waals surface area (Å²) in [5.41, 5.74) is 1.51. The van der Waals surface area contributed by atoms with Crippen molar-refractivity contribution < 1.29 is 4.79 Å². The van der Waals surface area contributed by atoms with Crippen LogP contribution in [0.5, 0.6) is 0 Å². The molecule has 1 aromatic carbocycles. The van der Waals surface area contributed by atoms with E-state index in [2.05, 4.69) is 10.3 Å². The minimum absolute atomic E-state index is 0.210. The van der Waals surface area contributed by atoms with Crippen LogP contribution in [0.15, 0.2) is 41.3 Å². The molecule has 1 aromatic heterocycles. The van der Waals surface area contributed by atoms with E-state index in [-0.39, 0.29) is 17.0 Å². The summed E-state index contributed by atoms with van der Waals surface area (Å²) in [7, 11) is 0. The van der Waals surface area contributed by atoms with Gasteiger partial charge in [0.1, 0.15) is 5.69 Å². The number of carbonyl (C=O) groups excluding carboxylic acids is 1. The van der Waals surface area contributed by atoms with Crippen molar-refractivity contribution in [3.63, 3.8) is 0 Å². The van der Waals surface area contributed by atoms with Crippen molar-refractivity contribution in [3.8, 4) is 0 Å². The zero-order chi connectivity index (χ0) is 13.1. The second-order valence-corrected chi connectivity index (χ2v) is 4.29. The van der Waals surface area contributed by atoms with E-state index in [1.165, 1.54) is 18.3 Å². The Kier molecular flexibility index (Phi) is 3.48. The Morgan fingerprint density at radius 3 is 2.78 bits per heavy atom. The van der Waals surface area contributed by atoms with Crippen molar-refractivity contribution in [1.29, 1.82) is 0 Å². The number of hydrogen-bond donors (Lipinski definition) is 2. The van der Waals surface area contributed by atoms with Gasteiger partial charge in [-0.1, -0.05) is 17.7 Å². The van der Waals surface area contributed by atoms with Crippen molar-refractivity contribution in [2.45, 2.75) is 6.92 Å². The second kappa shape index (κ2) is 5.06. The molecule has 1 amide bonds. The van der Waals surface area contributed by atoms with Crippen LogP contribution >= 0.6 is 11.6 Å². The Morgan fingerprint density at radius 2 is 2.06 bits per heavy atom. The summed E-state index contributed by atoms with van der Waals surface area (Å²) in [6.07, 6.45) is 1.43. The molecular weight excluding hydrogens is 252 g/mol. The van der Waals surface area contributed by atoms with Gasteiger partial charge in [0.25, 0.3) is 5.91 Å². The molecule has 0 aliphatic rings. The van der Waals surface area contributed by atoms with Crippen LogP contribution in [0.25, 0.3) is 0 Å². The molecule has 1 heterocycles. The number of benzene rings is 1. The van der Waals surface area contributed by atoms with Gasteiger partial charge < -0.3 is 10.3 Å². The molecule has 0 atom stereocenters. The van der Waals surface area contributed by atoms with Crippen LogP contribution in [-0.2, 0) is 0 Å². The third-order valence-electron chi connectivity index (χ3n) is 2.47. The van der Waals surface area contributed by atoms with Gasteiger partial charge in [-0.2, -0.15) is 0 Å². The molecule has 0 unspecified atom stereocenters. The highest BCUT2D eigenvalue weighted by molar-refractivity contribution is 6.31. The maximum Gasteiger partial charge on any atom is 0.272 e. The predicted octanol–water partition coefficient (Wildman–Crippen LogP) is 2.59. The van der Waals surface area contributed by atoms with Gasteiger partial charge in [-0.05, 0) is 24.6 Å². The lowest BCUT2D eigenvalue weighted by Gasteiger charge is -2.08. The molecule has 2 rings (SSSR count). The molecule has 92 valence electrons. The van der Waals surface area contributed by atoms with Crippen molar-refractivity contribution >= 4 is 23.2 Å². The van der Waals surface area contributed by atoms with Gasteiger partial charge in [0, 0.05) is 29.0 Å². The summed E-state index contributed by atoms with van der Waals surface area (Å²) in [4.78, 5) is 25.8. The van der Waals surface area contributed by atoms with Gasteiger partial charge in [-0.3, -0.25) is 9.59 Å². The molecule has 0 spiro atoms. The van der Waals surface area contributed by atoms with E-state index in [4.69, 9.17) is 11.6 Å². The van der Waals surface area contributed by atoms with Gasteiger partial charge in [0.05, 0.1) is 0 Å². The van der Waals surface area contributed by atoms with Gasteiger partial charge in [-0.15, -0.1) is 0 Å². The quantitative estimate of drug-likeness (QED) is 0.874. The summed E-state index contributed by atoms with van der Waals surface area (Å²) < 4.78 is 0. The highest BCUT2D eigenvalue weighted by Crippen LogP contribution is 2.20. The van der Waals surface area contributed by atoms with Crippen LogP contribution in [-0.4, -0.2) is 10.9 Å². The SMILES string of the molecule is Cc1ccc(Cl)cc1NC(=O)c1cc(=O)cc[nH]1. The van der Waals surface area contributed by atoms with Crippen molar-refractivity contribution in [2.24, 2.45) is 0 Å². The van der Waals surface area contributed by atoms with E-state index >= 15 is 0 Å². The topological polar surface area (TPSA) is 62.0 Å². The first-order valence-electron chi connectivity index (χ1n) is 5.32. The number of nitrogens with one attached hydrogen (secondary N) is 2. The summed E-state index contributed by atoms with van der Waals surface area (Å²) >= 11 is 5.86. The number of carbonyl (C=O) groups is 1. The van der Waals surface area contributed by atoms with Crippen molar-refractivity contribution in [2.75, 3.05) is 5.32 Å². The summed E-state index contributed by atoms with van der Waals surface area (Å²) in [5.74, 6) is -0.377. The van der Waals surface area contributed by atoms with Crippen molar-refractivity contribution in [1.82, 2.24) is 4.98 Å². The second-order valence-electron chi connectivity index (χ2n) is 3.85. The number of hydrogen-bond acceptors (Lipinski definition) is 2. The number of halogens is 1. The minimum atomic E-state index is -0.377. The average Bonchev–Trinajstić information content (AvgIpc) is 2.34. The lowest BCUT2D eigenvalue weighted by molar-refractivity contribution is 0.102. The Morgan fingerprint density at radius 1 is 1.28 bits per heavy atom. The van der Waals surface area contributed by atoms with Crippen LogP contribution < -0.4 is 10.7 Å². The van der Waals surface area contributed by atoms with Gasteiger partial charge in [0.15, 0.2) is 5.43 Å². The third kappa shape index (κ3) is 2.78. The highest BCUT2D eigenvalue weighted by Gasteiger charge is 2.08. The van der Waals surface area contributed by atoms with E-state index in [0.29, 0.717) is 10.7 Å². The fourth-order valence-corrected chi connectivity index (χ4v) is 1.67. The van der Waals surface area contributed by atoms with E-state index < -0.39 is 0 Å². The fraction of sp³-hybridized carbons (Fsp3) is 0.0769. The number of anilines is 1. The monoisotopic (exact) mass is 262 g/mol. The molecule has 4 nitrogen and oxygen atoms in total. The Labute approximate surface area is 109 Å². The number of pyridine rings is 1. The van der Waals surface area contributed by atoms with Crippen LogP contribution in [0, 0.1) is 6.92 Å². The van der Waals surface area contributed by atoms with Gasteiger partial charge >= 0.3 is 0 Å². The highest BCUT2D eigenvalue weighted by atomic mass is 35.5. The maximum absolute atomic E-state index is 11.9. The number of amides is 1. The van der Waals surface area contributed by atoms with Crippen molar-refractivity contribution in [3.05, 3.63) is 63.0 Å². The third-order valence-corrected chi connectivity index (χ3v) is 2.70. The normalized spacial score (nSPS) is 10.1. The molecule has 0 saturated carbocycles. The molecule has 2 N–H and O–H groups in total. The standard InChI is InChI=1S/C13H11ClN2O2/c1-8-2-3-9(14)6-11(8)16-13(18)12-7-10(17)4-5-15-12/h2-7H,1H3,(H,15,17)(H,16,18). The number of aromatic nitrogens is 1. The molecule has 0 saturated heterocycles. The maximum atomic E-state index is 11.9. The largest absolute Gasteiger partial charge is 0.357 e.